The molecule has 0 aliphatic heterocycles. The summed E-state index contributed by atoms with van der Waals surface area (Å²) in [5, 5.41) is 20.0. The third-order valence-electron chi connectivity index (χ3n) is 2.67. The molecule has 0 atom stereocenters. The summed E-state index contributed by atoms with van der Waals surface area (Å²) in [5.41, 5.74) is -1.74. The second kappa shape index (κ2) is 6.52. The summed E-state index contributed by atoms with van der Waals surface area (Å²) in [6.07, 6.45) is -5.04. The van der Waals surface area contributed by atoms with Gasteiger partial charge in [-0.15, -0.1) is 18.3 Å². The number of nitrogens with one attached hydrogen (secondary N) is 1. The van der Waals surface area contributed by atoms with E-state index in [9.17, 15) is 28.1 Å². The van der Waals surface area contributed by atoms with Crippen molar-refractivity contribution in [2.45, 2.75) is 13.3 Å². The quantitative estimate of drug-likeness (QED) is 0.501. The first-order chi connectivity index (χ1) is 11.2. The molecule has 0 saturated carbocycles. The van der Waals surface area contributed by atoms with Gasteiger partial charge in [0.05, 0.1) is 17.1 Å². The van der Waals surface area contributed by atoms with Crippen LogP contribution in [0, 0.1) is 10.1 Å². The van der Waals surface area contributed by atoms with Crippen molar-refractivity contribution in [2.75, 3.05) is 6.61 Å². The average molecular weight is 346 g/mol. The van der Waals surface area contributed by atoms with Crippen molar-refractivity contribution in [3.8, 4) is 17.0 Å². The van der Waals surface area contributed by atoms with E-state index < -0.39 is 39.9 Å². The Kier molecular flexibility index (Phi) is 4.66. The fraction of sp³-hybridized carbons (Fsp3) is 0.250. The van der Waals surface area contributed by atoms with E-state index >= 15 is 0 Å². The maximum absolute atomic E-state index is 12.5. The number of rotatable bonds is 5. The number of benzene rings is 1. The van der Waals surface area contributed by atoms with Crippen LogP contribution in [0.25, 0.3) is 11.3 Å². The van der Waals surface area contributed by atoms with Crippen LogP contribution in [0.3, 0.4) is 0 Å². The molecule has 0 fully saturated rings. The van der Waals surface area contributed by atoms with Crippen LogP contribution >= 0.6 is 0 Å². The number of hydrogen-bond donors (Lipinski definition) is 1. The van der Waals surface area contributed by atoms with Crippen LogP contribution in [0.4, 0.5) is 18.9 Å². The van der Waals surface area contributed by atoms with Gasteiger partial charge < -0.3 is 9.47 Å². The molecule has 12 heteroatoms. The van der Waals surface area contributed by atoms with Crippen LogP contribution in [0.1, 0.15) is 17.4 Å². The Bertz CT molecular complexity index is 774. The summed E-state index contributed by atoms with van der Waals surface area (Å²) in [7, 11) is 0. The first-order valence-corrected chi connectivity index (χ1v) is 6.35. The number of carbonyl (C=O) groups excluding carboxylic acids is 1. The van der Waals surface area contributed by atoms with Gasteiger partial charge in [0, 0.05) is 12.1 Å². The molecule has 1 aromatic carbocycles. The predicted octanol–water partition coefficient (Wildman–Crippen LogP) is 2.46. The van der Waals surface area contributed by atoms with Gasteiger partial charge in [0.1, 0.15) is 11.4 Å². The number of halogens is 3. The Morgan fingerprint density at radius 3 is 2.67 bits per heavy atom. The fourth-order valence-corrected chi connectivity index (χ4v) is 1.79. The maximum Gasteiger partial charge on any atom is 0.573 e. The highest BCUT2D eigenvalue weighted by Crippen LogP contribution is 2.36. The van der Waals surface area contributed by atoms with Crippen molar-refractivity contribution in [1.82, 2.24) is 15.4 Å². The SMILES string of the molecule is CCOC(=O)c1n[nH]nc1-c1cc([N+](=O)[O-])ccc1OC(F)(F)F. The topological polar surface area (TPSA) is 120 Å². The normalized spacial score (nSPS) is 11.2. The molecule has 1 heterocycles. The number of aromatic nitrogens is 3. The molecule has 24 heavy (non-hydrogen) atoms. The van der Waals surface area contributed by atoms with Crippen LogP contribution in [0.15, 0.2) is 18.2 Å². The number of ether oxygens (including phenoxy) is 2. The molecule has 0 amide bonds. The second-order valence-corrected chi connectivity index (χ2v) is 4.23. The van der Waals surface area contributed by atoms with Gasteiger partial charge in [-0.25, -0.2) is 4.79 Å². The molecule has 128 valence electrons. The standard InChI is InChI=1S/C12H9F3N4O5/c1-2-23-11(20)10-9(16-18-17-10)7-5-6(19(21)22)3-4-8(7)24-12(13,14)15/h3-5H,2H2,1H3,(H,16,17,18). The molecule has 0 unspecified atom stereocenters. The van der Waals surface area contributed by atoms with Crippen molar-refractivity contribution in [2.24, 2.45) is 0 Å². The number of esters is 1. The van der Waals surface area contributed by atoms with Gasteiger partial charge in [-0.2, -0.15) is 10.3 Å². The molecule has 0 aliphatic rings. The maximum atomic E-state index is 12.5. The highest BCUT2D eigenvalue weighted by atomic mass is 19.4. The number of carbonyl (C=O) groups is 1. The summed E-state index contributed by atoms with van der Waals surface area (Å²) < 4.78 is 46.1. The molecule has 9 nitrogen and oxygen atoms in total. The Balaban J connectivity index is 2.59. The van der Waals surface area contributed by atoms with E-state index in [1.54, 1.807) is 0 Å². The third-order valence-corrected chi connectivity index (χ3v) is 2.67. The van der Waals surface area contributed by atoms with Gasteiger partial charge in [-0.3, -0.25) is 10.1 Å². The van der Waals surface area contributed by atoms with E-state index in [2.05, 4.69) is 20.1 Å². The Morgan fingerprint density at radius 1 is 1.38 bits per heavy atom. The molecule has 0 bridgehead atoms. The lowest BCUT2D eigenvalue weighted by Crippen LogP contribution is -2.18. The third kappa shape index (κ3) is 3.77. The second-order valence-electron chi connectivity index (χ2n) is 4.23. The van der Waals surface area contributed by atoms with E-state index in [1.165, 1.54) is 6.92 Å². The number of nitro benzene ring substituents is 1. The molecular formula is C12H9F3N4O5. The van der Waals surface area contributed by atoms with Gasteiger partial charge in [-0.05, 0) is 13.0 Å². The van der Waals surface area contributed by atoms with Crippen molar-refractivity contribution in [1.29, 1.82) is 0 Å². The van der Waals surface area contributed by atoms with Gasteiger partial charge >= 0.3 is 12.3 Å². The molecule has 0 saturated heterocycles. The predicted molar refractivity (Wildman–Crippen MR) is 71.1 cm³/mol. The van der Waals surface area contributed by atoms with Gasteiger partial charge in [0.15, 0.2) is 5.69 Å². The molecule has 1 aromatic heterocycles. The van der Waals surface area contributed by atoms with Gasteiger partial charge in [0.2, 0.25) is 0 Å². The number of nitro groups is 1. The minimum atomic E-state index is -5.04. The van der Waals surface area contributed by atoms with Crippen LogP contribution < -0.4 is 4.74 Å². The lowest BCUT2D eigenvalue weighted by molar-refractivity contribution is -0.384. The zero-order valence-corrected chi connectivity index (χ0v) is 12.0. The summed E-state index contributed by atoms with van der Waals surface area (Å²) >= 11 is 0. The molecule has 0 spiro atoms. The average Bonchev–Trinajstić information content (AvgIpc) is 2.95. The largest absolute Gasteiger partial charge is 0.573 e. The van der Waals surface area contributed by atoms with Crippen LogP contribution in [0.2, 0.25) is 0 Å². The molecule has 2 aromatic rings. The monoisotopic (exact) mass is 346 g/mol. The summed E-state index contributed by atoms with van der Waals surface area (Å²) in [6, 6.07) is 2.38. The van der Waals surface area contributed by atoms with Gasteiger partial charge in [0.25, 0.3) is 5.69 Å². The lowest BCUT2D eigenvalue weighted by atomic mass is 10.1. The zero-order chi connectivity index (χ0) is 17.9. The van der Waals surface area contributed by atoms with Crippen molar-refractivity contribution in [3.63, 3.8) is 0 Å². The summed E-state index contributed by atoms with van der Waals surface area (Å²) in [4.78, 5) is 21.8. The molecular weight excluding hydrogens is 337 g/mol. The Labute approximate surface area is 131 Å². The Morgan fingerprint density at radius 2 is 2.08 bits per heavy atom. The summed E-state index contributed by atoms with van der Waals surface area (Å²) in [6.45, 7) is 1.51. The molecule has 0 radical (unpaired) electrons. The number of alkyl halides is 3. The minimum Gasteiger partial charge on any atom is -0.461 e. The van der Waals surface area contributed by atoms with Crippen LogP contribution in [-0.4, -0.2) is 39.3 Å². The van der Waals surface area contributed by atoms with Crippen molar-refractivity contribution < 1.29 is 32.4 Å². The molecule has 2 rings (SSSR count). The van der Waals surface area contributed by atoms with E-state index in [0.717, 1.165) is 18.2 Å². The fourth-order valence-electron chi connectivity index (χ4n) is 1.79. The van der Waals surface area contributed by atoms with Gasteiger partial charge in [-0.1, -0.05) is 0 Å². The number of H-pyrrole nitrogens is 1. The zero-order valence-electron chi connectivity index (χ0n) is 12.0. The van der Waals surface area contributed by atoms with E-state index in [-0.39, 0.29) is 12.3 Å². The van der Waals surface area contributed by atoms with E-state index in [1.807, 2.05) is 0 Å². The van der Waals surface area contributed by atoms with Crippen LogP contribution in [0.5, 0.6) is 5.75 Å². The lowest BCUT2D eigenvalue weighted by Gasteiger charge is -2.12. The smallest absolute Gasteiger partial charge is 0.461 e. The first-order valence-electron chi connectivity index (χ1n) is 6.35. The first kappa shape index (κ1) is 17.2. The van der Waals surface area contributed by atoms with E-state index in [4.69, 9.17) is 4.74 Å². The highest BCUT2D eigenvalue weighted by molar-refractivity contribution is 5.95. The van der Waals surface area contributed by atoms with Crippen molar-refractivity contribution >= 4 is 11.7 Å². The Hall–Kier alpha value is -3.18. The van der Waals surface area contributed by atoms with E-state index in [0.29, 0.717) is 0 Å². The highest BCUT2D eigenvalue weighted by Gasteiger charge is 2.34. The number of non-ortho nitro benzene ring substituents is 1. The summed E-state index contributed by atoms with van der Waals surface area (Å²) in [5.74, 6) is -1.72. The minimum absolute atomic E-state index is 0.00796. The van der Waals surface area contributed by atoms with Crippen LogP contribution in [-0.2, 0) is 4.74 Å². The molecule has 0 aliphatic carbocycles. The molecule has 1 N–H and O–H groups in total. The number of hydrogen-bond acceptors (Lipinski definition) is 7. The van der Waals surface area contributed by atoms with Crippen molar-refractivity contribution in [3.05, 3.63) is 34.0 Å². The number of nitrogens with zero attached hydrogens (tertiary/aromatic N) is 3. The number of aromatic amines is 1.